The fraction of sp³-hybridized carbons (Fsp3) is 0.583. The molecule has 3 heteroatoms. The Balaban J connectivity index is 2.10. The fourth-order valence-electron chi connectivity index (χ4n) is 1.43. The molecule has 0 bridgehead atoms. The molecule has 0 unspecified atom stereocenters. The lowest BCUT2D eigenvalue weighted by atomic mass is 10.3. The van der Waals surface area contributed by atoms with Crippen molar-refractivity contribution < 1.29 is 0 Å². The van der Waals surface area contributed by atoms with Crippen LogP contribution in [0.1, 0.15) is 24.7 Å². The summed E-state index contributed by atoms with van der Waals surface area (Å²) < 4.78 is 0. The van der Waals surface area contributed by atoms with E-state index in [9.17, 15) is 0 Å². The Kier molecular flexibility index (Phi) is 5.97. The minimum atomic E-state index is 0.869. The van der Waals surface area contributed by atoms with Crippen molar-refractivity contribution in [3.05, 3.63) is 29.6 Å². The van der Waals surface area contributed by atoms with Gasteiger partial charge in [-0.3, -0.25) is 4.98 Å². The number of aryl methyl sites for hydroxylation is 1. The number of nitrogens with one attached hydrogen (secondary N) is 2. The predicted molar refractivity (Wildman–Crippen MR) is 63.8 cm³/mol. The Morgan fingerprint density at radius 2 is 2.00 bits per heavy atom. The summed E-state index contributed by atoms with van der Waals surface area (Å²) in [5.41, 5.74) is 2.21. The van der Waals surface area contributed by atoms with E-state index in [1.165, 1.54) is 6.42 Å². The maximum atomic E-state index is 4.43. The van der Waals surface area contributed by atoms with Gasteiger partial charge in [-0.15, -0.1) is 0 Å². The number of aromatic nitrogens is 1. The van der Waals surface area contributed by atoms with E-state index >= 15 is 0 Å². The highest BCUT2D eigenvalue weighted by Gasteiger charge is 1.93. The van der Waals surface area contributed by atoms with Gasteiger partial charge in [0.25, 0.3) is 0 Å². The van der Waals surface area contributed by atoms with E-state index in [4.69, 9.17) is 0 Å². The zero-order valence-electron chi connectivity index (χ0n) is 9.71. The second-order valence-corrected chi connectivity index (χ2v) is 3.65. The van der Waals surface area contributed by atoms with Gasteiger partial charge in [0.15, 0.2) is 0 Å². The monoisotopic (exact) mass is 207 g/mol. The van der Waals surface area contributed by atoms with Crippen molar-refractivity contribution in [2.24, 2.45) is 0 Å². The van der Waals surface area contributed by atoms with Gasteiger partial charge < -0.3 is 10.6 Å². The third-order valence-corrected chi connectivity index (χ3v) is 2.21. The summed E-state index contributed by atoms with van der Waals surface area (Å²) >= 11 is 0. The van der Waals surface area contributed by atoms with Crippen LogP contribution in [-0.4, -0.2) is 24.6 Å². The van der Waals surface area contributed by atoms with Gasteiger partial charge in [0, 0.05) is 12.2 Å². The van der Waals surface area contributed by atoms with Crippen LogP contribution in [0.15, 0.2) is 18.2 Å². The molecule has 2 N–H and O–H groups in total. The Labute approximate surface area is 92.3 Å². The van der Waals surface area contributed by atoms with E-state index in [2.05, 4.69) is 34.7 Å². The molecule has 0 saturated heterocycles. The third kappa shape index (κ3) is 5.50. The fourth-order valence-corrected chi connectivity index (χ4v) is 1.43. The van der Waals surface area contributed by atoms with E-state index in [1.807, 2.05) is 13.0 Å². The largest absolute Gasteiger partial charge is 0.317 e. The first-order valence-corrected chi connectivity index (χ1v) is 5.67. The Hall–Kier alpha value is -0.930. The molecule has 0 aliphatic carbocycles. The summed E-state index contributed by atoms with van der Waals surface area (Å²) in [6.45, 7) is 8.21. The molecule has 0 amide bonds. The molecule has 0 saturated carbocycles. The summed E-state index contributed by atoms with van der Waals surface area (Å²) in [5, 5.41) is 6.69. The van der Waals surface area contributed by atoms with Gasteiger partial charge in [-0.2, -0.15) is 0 Å². The molecule has 1 rings (SSSR count). The third-order valence-electron chi connectivity index (χ3n) is 2.21. The first-order chi connectivity index (χ1) is 7.33. The van der Waals surface area contributed by atoms with Crippen LogP contribution in [0, 0.1) is 6.92 Å². The maximum absolute atomic E-state index is 4.43. The summed E-state index contributed by atoms with van der Waals surface area (Å²) in [6, 6.07) is 6.14. The quantitative estimate of drug-likeness (QED) is 0.665. The van der Waals surface area contributed by atoms with Crippen LogP contribution < -0.4 is 10.6 Å². The van der Waals surface area contributed by atoms with E-state index in [-0.39, 0.29) is 0 Å². The second kappa shape index (κ2) is 7.37. The van der Waals surface area contributed by atoms with Gasteiger partial charge in [-0.05, 0) is 45.1 Å². The number of nitrogens with zero attached hydrogens (tertiary/aromatic N) is 1. The SMILES string of the molecule is CCNCCCNCc1cccc(C)n1. The van der Waals surface area contributed by atoms with Crippen LogP contribution in [0.3, 0.4) is 0 Å². The molecule has 0 aliphatic heterocycles. The molecule has 15 heavy (non-hydrogen) atoms. The molecule has 0 fully saturated rings. The highest BCUT2D eigenvalue weighted by molar-refractivity contribution is 5.09. The molecule has 1 aromatic rings. The maximum Gasteiger partial charge on any atom is 0.0544 e. The van der Waals surface area contributed by atoms with Crippen molar-refractivity contribution in [2.75, 3.05) is 19.6 Å². The van der Waals surface area contributed by atoms with E-state index in [0.29, 0.717) is 0 Å². The average Bonchev–Trinajstić information content (AvgIpc) is 2.23. The summed E-state index contributed by atoms with van der Waals surface area (Å²) in [7, 11) is 0. The molecule has 84 valence electrons. The summed E-state index contributed by atoms with van der Waals surface area (Å²) in [5.74, 6) is 0. The van der Waals surface area contributed by atoms with Crippen molar-refractivity contribution >= 4 is 0 Å². The normalized spacial score (nSPS) is 10.5. The highest BCUT2D eigenvalue weighted by Crippen LogP contribution is 1.97. The Bertz CT molecular complexity index is 273. The molecule has 1 aromatic heterocycles. The molecule has 0 spiro atoms. The van der Waals surface area contributed by atoms with Crippen molar-refractivity contribution in [1.29, 1.82) is 0 Å². The van der Waals surface area contributed by atoms with Crippen LogP contribution >= 0.6 is 0 Å². The summed E-state index contributed by atoms with van der Waals surface area (Å²) in [4.78, 5) is 4.43. The number of pyridine rings is 1. The highest BCUT2D eigenvalue weighted by atomic mass is 14.9. The van der Waals surface area contributed by atoms with Gasteiger partial charge in [0.2, 0.25) is 0 Å². The number of hydrogen-bond donors (Lipinski definition) is 2. The van der Waals surface area contributed by atoms with Crippen LogP contribution in [0.25, 0.3) is 0 Å². The lowest BCUT2D eigenvalue weighted by molar-refractivity contribution is 0.601. The van der Waals surface area contributed by atoms with Crippen molar-refractivity contribution in [3.63, 3.8) is 0 Å². The van der Waals surface area contributed by atoms with Crippen LogP contribution in [-0.2, 0) is 6.54 Å². The van der Waals surface area contributed by atoms with Crippen LogP contribution in [0.4, 0.5) is 0 Å². The second-order valence-electron chi connectivity index (χ2n) is 3.65. The van der Waals surface area contributed by atoms with E-state index < -0.39 is 0 Å². The molecule has 1 heterocycles. The zero-order chi connectivity index (χ0) is 10.9. The molecule has 0 aliphatic rings. The van der Waals surface area contributed by atoms with Crippen molar-refractivity contribution in [1.82, 2.24) is 15.6 Å². The minimum absolute atomic E-state index is 0.869. The first kappa shape index (κ1) is 12.1. The van der Waals surface area contributed by atoms with Crippen molar-refractivity contribution in [2.45, 2.75) is 26.8 Å². The van der Waals surface area contributed by atoms with E-state index in [0.717, 1.165) is 37.6 Å². The Morgan fingerprint density at radius 1 is 1.20 bits per heavy atom. The minimum Gasteiger partial charge on any atom is -0.317 e. The van der Waals surface area contributed by atoms with Crippen molar-refractivity contribution in [3.8, 4) is 0 Å². The standard InChI is InChI=1S/C12H21N3/c1-3-13-8-5-9-14-10-12-7-4-6-11(2)15-12/h4,6-7,13-14H,3,5,8-10H2,1-2H3. The number of hydrogen-bond acceptors (Lipinski definition) is 3. The van der Waals surface area contributed by atoms with Crippen LogP contribution in [0.2, 0.25) is 0 Å². The van der Waals surface area contributed by atoms with Gasteiger partial charge >= 0.3 is 0 Å². The molecule has 0 atom stereocenters. The average molecular weight is 207 g/mol. The van der Waals surface area contributed by atoms with Gasteiger partial charge in [-0.25, -0.2) is 0 Å². The predicted octanol–water partition coefficient (Wildman–Crippen LogP) is 1.48. The zero-order valence-corrected chi connectivity index (χ0v) is 9.71. The lowest BCUT2D eigenvalue weighted by Crippen LogP contribution is -2.21. The van der Waals surface area contributed by atoms with Crippen LogP contribution in [0.5, 0.6) is 0 Å². The topological polar surface area (TPSA) is 37.0 Å². The van der Waals surface area contributed by atoms with Gasteiger partial charge in [0.1, 0.15) is 0 Å². The van der Waals surface area contributed by atoms with Gasteiger partial charge in [-0.1, -0.05) is 13.0 Å². The molecule has 0 aromatic carbocycles. The molecular weight excluding hydrogens is 186 g/mol. The Morgan fingerprint density at radius 3 is 2.73 bits per heavy atom. The number of rotatable bonds is 7. The van der Waals surface area contributed by atoms with Gasteiger partial charge in [0.05, 0.1) is 5.69 Å². The molecule has 0 radical (unpaired) electrons. The first-order valence-electron chi connectivity index (χ1n) is 5.67. The summed E-state index contributed by atoms with van der Waals surface area (Å²) in [6.07, 6.45) is 1.17. The molecule has 3 nitrogen and oxygen atoms in total. The smallest absolute Gasteiger partial charge is 0.0544 e. The lowest BCUT2D eigenvalue weighted by Gasteiger charge is -2.05. The molecular formula is C12H21N3. The van der Waals surface area contributed by atoms with E-state index in [1.54, 1.807) is 0 Å².